The maximum absolute atomic E-state index is 13.0. The Morgan fingerprint density at radius 2 is 1.47 bits per heavy atom. The van der Waals surface area contributed by atoms with Crippen LogP contribution in [0.2, 0.25) is 0 Å². The number of nitrogens with zero attached hydrogens (tertiary/aromatic N) is 1. The van der Waals surface area contributed by atoms with Crippen molar-refractivity contribution in [2.24, 2.45) is 0 Å². The Hall–Kier alpha value is -3.47. The van der Waals surface area contributed by atoms with Crippen molar-refractivity contribution in [3.8, 4) is 0 Å². The topological polar surface area (TPSA) is 154 Å². The van der Waals surface area contributed by atoms with Gasteiger partial charge >= 0.3 is 6.09 Å². The van der Waals surface area contributed by atoms with E-state index in [2.05, 4.69) is 16.0 Å². The van der Waals surface area contributed by atoms with Gasteiger partial charge in [0.15, 0.2) is 0 Å². The minimum absolute atomic E-state index is 0.143. The molecule has 0 radical (unpaired) electrons. The number of aliphatic hydroxyl groups excluding tert-OH is 1. The molecule has 0 spiro atoms. The molecule has 11 nitrogen and oxygen atoms in total. The van der Waals surface area contributed by atoms with E-state index in [1.807, 2.05) is 20.8 Å². The number of anilines is 1. The van der Waals surface area contributed by atoms with Gasteiger partial charge in [0.05, 0.1) is 11.1 Å². The van der Waals surface area contributed by atoms with Crippen LogP contribution in [0.15, 0.2) is 18.2 Å². The van der Waals surface area contributed by atoms with Crippen LogP contribution in [0.3, 0.4) is 0 Å². The summed E-state index contributed by atoms with van der Waals surface area (Å²) in [5.41, 5.74) is 0.340. The normalized spacial score (nSPS) is 18.3. The average Bonchev–Trinajstić information content (AvgIpc) is 3.17. The third-order valence-corrected chi connectivity index (χ3v) is 7.59. The molecule has 2 aliphatic rings. The number of carbonyl (C=O) groups excluding carboxylic acids is 5. The molecule has 0 aliphatic carbocycles. The molecule has 11 heteroatoms. The van der Waals surface area contributed by atoms with Gasteiger partial charge in [0.25, 0.3) is 11.8 Å². The van der Waals surface area contributed by atoms with E-state index in [1.165, 1.54) is 44.2 Å². The first-order valence-corrected chi connectivity index (χ1v) is 15.7. The monoisotopic (exact) mass is 600 g/mol. The molecular formula is C32H48N4O7. The molecule has 1 saturated heterocycles. The lowest BCUT2D eigenvalue weighted by atomic mass is 10.0. The summed E-state index contributed by atoms with van der Waals surface area (Å²) in [4.78, 5) is 63.1. The molecule has 2 heterocycles. The number of imide groups is 1. The molecule has 0 bridgehead atoms. The molecule has 2 unspecified atom stereocenters. The van der Waals surface area contributed by atoms with E-state index < -0.39 is 35.6 Å². The quantitative estimate of drug-likeness (QED) is 0.153. The number of aliphatic hydroxyl groups is 1. The van der Waals surface area contributed by atoms with Crippen molar-refractivity contribution in [2.45, 2.75) is 129 Å². The minimum atomic E-state index is -0.976. The van der Waals surface area contributed by atoms with Crippen molar-refractivity contribution in [1.29, 1.82) is 0 Å². The zero-order valence-electron chi connectivity index (χ0n) is 25.8. The molecule has 0 aromatic heterocycles. The van der Waals surface area contributed by atoms with Gasteiger partial charge in [0.1, 0.15) is 17.9 Å². The number of ether oxygens (including phenoxy) is 1. The van der Waals surface area contributed by atoms with E-state index in [0.717, 1.165) is 43.4 Å². The summed E-state index contributed by atoms with van der Waals surface area (Å²) < 4.78 is 5.22. The largest absolute Gasteiger partial charge is 0.444 e. The number of piperidine rings is 1. The molecule has 3 rings (SSSR count). The van der Waals surface area contributed by atoms with E-state index in [-0.39, 0.29) is 36.0 Å². The number of carbonyl (C=O) groups is 5. The third kappa shape index (κ3) is 10.9. The lowest BCUT2D eigenvalue weighted by Gasteiger charge is -2.31. The van der Waals surface area contributed by atoms with Crippen molar-refractivity contribution in [3.05, 3.63) is 29.3 Å². The fourth-order valence-corrected chi connectivity index (χ4v) is 5.38. The highest BCUT2D eigenvalue weighted by Gasteiger charge is 2.44. The number of unbranched alkanes of at least 4 members (excludes halogenated alkanes) is 10. The second kappa shape index (κ2) is 16.4. The van der Waals surface area contributed by atoms with Crippen LogP contribution >= 0.6 is 0 Å². The standard InChI is InChI=1S/C32H48N4O7/c1-32(2,3)43-31(42)33-20-14-12-10-8-6-4-5-7-9-11-13-15-26(37)34-22-16-17-23-24(21-22)30(41)36(29(23)40)25-18-19-27(38)35-28(25)39/h16-17,21,25,27,38H,4-15,18-20H2,1-3H3,(H,33,42)(H,34,37)(H,35,39). The summed E-state index contributed by atoms with van der Waals surface area (Å²) in [5, 5.41) is 17.6. The Labute approximate surface area is 254 Å². The fourth-order valence-electron chi connectivity index (χ4n) is 5.38. The molecule has 1 fully saturated rings. The number of rotatable bonds is 16. The second-order valence-corrected chi connectivity index (χ2v) is 12.5. The lowest BCUT2D eigenvalue weighted by molar-refractivity contribution is -0.131. The maximum atomic E-state index is 13.0. The minimum Gasteiger partial charge on any atom is -0.444 e. The number of benzene rings is 1. The Kier molecular flexibility index (Phi) is 13.0. The molecule has 5 amide bonds. The lowest BCUT2D eigenvalue weighted by Crippen LogP contribution is -2.55. The van der Waals surface area contributed by atoms with Crippen LogP contribution < -0.4 is 16.0 Å². The molecule has 43 heavy (non-hydrogen) atoms. The van der Waals surface area contributed by atoms with Gasteiger partial charge in [0, 0.05) is 18.7 Å². The number of fused-ring (bicyclic) bond motifs is 1. The maximum Gasteiger partial charge on any atom is 0.407 e. The molecule has 2 atom stereocenters. The molecule has 4 N–H and O–H groups in total. The van der Waals surface area contributed by atoms with Gasteiger partial charge in [-0.3, -0.25) is 24.1 Å². The van der Waals surface area contributed by atoms with Gasteiger partial charge in [-0.2, -0.15) is 0 Å². The molecule has 0 saturated carbocycles. The zero-order valence-corrected chi connectivity index (χ0v) is 25.8. The molecule has 1 aromatic carbocycles. The van der Waals surface area contributed by atoms with Crippen LogP contribution in [-0.4, -0.2) is 64.1 Å². The Balaban J connectivity index is 1.22. The summed E-state index contributed by atoms with van der Waals surface area (Å²) >= 11 is 0. The summed E-state index contributed by atoms with van der Waals surface area (Å²) in [7, 11) is 0. The van der Waals surface area contributed by atoms with Gasteiger partial charge in [-0.05, 0) is 64.7 Å². The van der Waals surface area contributed by atoms with Crippen molar-refractivity contribution in [1.82, 2.24) is 15.5 Å². The predicted octanol–water partition coefficient (Wildman–Crippen LogP) is 5.02. The Bertz CT molecular complexity index is 1150. The SMILES string of the molecule is CC(C)(C)OC(=O)NCCCCCCCCCCCCCC(=O)Nc1ccc2c(c1)C(=O)N(C1CCC(O)NC1=O)C2=O. The second-order valence-electron chi connectivity index (χ2n) is 12.5. The Morgan fingerprint density at radius 1 is 0.884 bits per heavy atom. The summed E-state index contributed by atoms with van der Waals surface area (Å²) in [5.74, 6) is -1.81. The highest BCUT2D eigenvalue weighted by Crippen LogP contribution is 2.30. The smallest absolute Gasteiger partial charge is 0.407 e. The van der Waals surface area contributed by atoms with E-state index >= 15 is 0 Å². The average molecular weight is 601 g/mol. The molecule has 1 aromatic rings. The molecular weight excluding hydrogens is 552 g/mol. The van der Waals surface area contributed by atoms with E-state index in [9.17, 15) is 29.1 Å². The van der Waals surface area contributed by atoms with E-state index in [1.54, 1.807) is 6.07 Å². The first-order valence-electron chi connectivity index (χ1n) is 15.7. The van der Waals surface area contributed by atoms with Gasteiger partial charge < -0.3 is 25.8 Å². The van der Waals surface area contributed by atoms with Crippen molar-refractivity contribution < 1.29 is 33.8 Å². The molecule has 2 aliphatic heterocycles. The van der Waals surface area contributed by atoms with Gasteiger partial charge in [-0.1, -0.05) is 57.8 Å². The third-order valence-electron chi connectivity index (χ3n) is 7.59. The Morgan fingerprint density at radius 3 is 2.07 bits per heavy atom. The predicted molar refractivity (Wildman–Crippen MR) is 162 cm³/mol. The number of amides is 5. The highest BCUT2D eigenvalue weighted by molar-refractivity contribution is 6.23. The van der Waals surface area contributed by atoms with Gasteiger partial charge in [-0.15, -0.1) is 0 Å². The zero-order chi connectivity index (χ0) is 31.4. The van der Waals surface area contributed by atoms with Crippen LogP contribution in [0.4, 0.5) is 10.5 Å². The van der Waals surface area contributed by atoms with Gasteiger partial charge in [-0.25, -0.2) is 4.79 Å². The number of hydrogen-bond acceptors (Lipinski definition) is 7. The number of hydrogen-bond donors (Lipinski definition) is 4. The van der Waals surface area contributed by atoms with Crippen LogP contribution in [-0.2, 0) is 14.3 Å². The summed E-state index contributed by atoms with van der Waals surface area (Å²) in [6.45, 7) is 6.20. The summed E-state index contributed by atoms with van der Waals surface area (Å²) in [6.07, 6.45) is 11.5. The van der Waals surface area contributed by atoms with Crippen molar-refractivity contribution in [2.75, 3.05) is 11.9 Å². The number of nitrogens with one attached hydrogen (secondary N) is 3. The van der Waals surface area contributed by atoms with Crippen LogP contribution in [0.5, 0.6) is 0 Å². The highest BCUT2D eigenvalue weighted by atomic mass is 16.6. The molecule has 238 valence electrons. The van der Waals surface area contributed by atoms with Crippen molar-refractivity contribution in [3.63, 3.8) is 0 Å². The summed E-state index contributed by atoms with van der Waals surface area (Å²) in [6, 6.07) is 3.63. The van der Waals surface area contributed by atoms with Crippen LogP contribution in [0.1, 0.15) is 131 Å². The van der Waals surface area contributed by atoms with Crippen LogP contribution in [0, 0.1) is 0 Å². The van der Waals surface area contributed by atoms with E-state index in [0.29, 0.717) is 18.7 Å². The van der Waals surface area contributed by atoms with E-state index in [4.69, 9.17) is 4.74 Å². The van der Waals surface area contributed by atoms with Gasteiger partial charge in [0.2, 0.25) is 11.8 Å². The first-order chi connectivity index (χ1) is 20.5. The fraction of sp³-hybridized carbons (Fsp3) is 0.656. The van der Waals surface area contributed by atoms with Crippen molar-refractivity contribution >= 4 is 35.4 Å². The van der Waals surface area contributed by atoms with Crippen LogP contribution in [0.25, 0.3) is 0 Å². The first kappa shape index (κ1) is 34.0. The number of alkyl carbamates (subject to hydrolysis) is 1.